The number of sulfone groups is 1. The van der Waals surface area contributed by atoms with Gasteiger partial charge in [-0.2, -0.15) is 0 Å². The molecule has 212 valence electrons. The van der Waals surface area contributed by atoms with Crippen molar-refractivity contribution in [1.82, 2.24) is 4.98 Å². The van der Waals surface area contributed by atoms with Crippen LogP contribution in [-0.4, -0.2) is 40.4 Å². The van der Waals surface area contributed by atoms with Crippen LogP contribution in [0.15, 0.2) is 59.5 Å². The van der Waals surface area contributed by atoms with Gasteiger partial charge in [0.25, 0.3) is 12.3 Å². The van der Waals surface area contributed by atoms with E-state index in [1.54, 1.807) is 0 Å². The molecule has 3 N–H and O–H groups in total. The third kappa shape index (κ3) is 4.87. The fourth-order valence-corrected chi connectivity index (χ4v) is 8.10. The maximum atomic E-state index is 13.6. The van der Waals surface area contributed by atoms with Gasteiger partial charge in [0.05, 0.1) is 20.9 Å². The molecule has 3 aliphatic rings. The third-order valence-electron chi connectivity index (χ3n) is 7.82. The number of aliphatic hydroxyl groups is 2. The minimum Gasteiger partial charge on any atom is -0.386 e. The van der Waals surface area contributed by atoms with Crippen LogP contribution in [0.25, 0.3) is 0 Å². The first-order valence-corrected chi connectivity index (χ1v) is 14.2. The van der Waals surface area contributed by atoms with Crippen LogP contribution >= 0.6 is 11.6 Å². The molecule has 3 unspecified atom stereocenters. The number of nitrogens with one attached hydrogen (secondary N) is 1. The Labute approximate surface area is 231 Å². The summed E-state index contributed by atoms with van der Waals surface area (Å²) >= 11 is 6.22. The number of carbonyl (C=O) groups excluding carboxylic acids is 1. The number of nitrogens with zero attached hydrogens (tertiary/aromatic N) is 1. The van der Waals surface area contributed by atoms with Gasteiger partial charge < -0.3 is 15.5 Å². The zero-order valence-electron chi connectivity index (χ0n) is 20.6. The van der Waals surface area contributed by atoms with Gasteiger partial charge in [0.2, 0.25) is 0 Å². The van der Waals surface area contributed by atoms with Crippen LogP contribution in [0, 0.1) is 23.5 Å². The topological polar surface area (TPSA) is 117 Å². The lowest BCUT2D eigenvalue weighted by molar-refractivity contribution is -0.234. The first kappa shape index (κ1) is 28.5. The summed E-state index contributed by atoms with van der Waals surface area (Å²) in [6, 6.07) is 10.1. The number of aliphatic hydroxyl groups excluding tert-OH is 1. The number of hydrogen-bond donors (Lipinski definition) is 3. The van der Waals surface area contributed by atoms with E-state index in [4.69, 9.17) is 11.6 Å². The molecule has 1 aromatic heterocycles. The van der Waals surface area contributed by atoms with Crippen molar-refractivity contribution in [3.8, 4) is 0 Å². The Balaban J connectivity index is 1.35. The first-order valence-electron chi connectivity index (χ1n) is 12.3. The number of hydrogen-bond acceptors (Lipinski definition) is 6. The molecule has 0 spiro atoms. The van der Waals surface area contributed by atoms with Crippen molar-refractivity contribution in [3.63, 3.8) is 0 Å². The lowest BCUT2D eigenvalue weighted by Gasteiger charge is -2.59. The van der Waals surface area contributed by atoms with Gasteiger partial charge in [-0.1, -0.05) is 17.7 Å². The number of fused-ring (bicyclic) bond motifs is 2. The van der Waals surface area contributed by atoms with Crippen molar-refractivity contribution in [2.75, 3.05) is 5.32 Å². The normalized spacial score (nSPS) is 24.9. The molecule has 1 heterocycles. The van der Waals surface area contributed by atoms with Gasteiger partial charge in [-0.3, -0.25) is 4.79 Å². The number of amides is 1. The summed E-state index contributed by atoms with van der Waals surface area (Å²) < 4.78 is 80.1. The highest BCUT2D eigenvalue weighted by atomic mass is 35.5. The lowest BCUT2D eigenvalue weighted by Crippen LogP contribution is -2.64. The summed E-state index contributed by atoms with van der Waals surface area (Å²) in [5.41, 5.74) is -2.55. The van der Waals surface area contributed by atoms with E-state index in [0.29, 0.717) is 6.42 Å². The number of benzene rings is 2. The number of pyridine rings is 1. The van der Waals surface area contributed by atoms with Gasteiger partial charge in [0, 0.05) is 17.3 Å². The van der Waals surface area contributed by atoms with Crippen LogP contribution < -0.4 is 5.32 Å². The van der Waals surface area contributed by atoms with Gasteiger partial charge >= 0.3 is 0 Å². The molecule has 2 bridgehead atoms. The monoisotopic (exact) mass is 598 g/mol. The van der Waals surface area contributed by atoms with Crippen LogP contribution in [0.3, 0.4) is 0 Å². The Morgan fingerprint density at radius 3 is 2.33 bits per heavy atom. The maximum absolute atomic E-state index is 13.6. The number of aromatic nitrogens is 1. The Morgan fingerprint density at radius 2 is 1.68 bits per heavy atom. The van der Waals surface area contributed by atoms with E-state index in [2.05, 4.69) is 10.3 Å². The van der Waals surface area contributed by atoms with Crippen LogP contribution in [-0.2, 0) is 9.84 Å². The summed E-state index contributed by atoms with van der Waals surface area (Å²) in [5.74, 6) is -4.36. The predicted molar refractivity (Wildman–Crippen MR) is 137 cm³/mol. The summed E-state index contributed by atoms with van der Waals surface area (Å²) in [7, 11) is -4.12. The SMILES string of the molecule is O=C(Nc1ccc(F)c(F)c1)c1ccc(Cl)c(S(=O)(=O)C2CC3CC(C2)C3(O)C(O)c2cccc(C(F)F)n2)c1. The van der Waals surface area contributed by atoms with E-state index >= 15 is 0 Å². The second kappa shape index (κ2) is 10.4. The molecule has 3 fully saturated rings. The molecule has 7 nitrogen and oxygen atoms in total. The fourth-order valence-electron chi connectivity index (χ4n) is 5.69. The van der Waals surface area contributed by atoms with Crippen LogP contribution in [0.2, 0.25) is 5.02 Å². The maximum Gasteiger partial charge on any atom is 0.280 e. The minimum atomic E-state index is -4.12. The number of alkyl halides is 2. The number of halogens is 5. The first-order chi connectivity index (χ1) is 18.8. The molecule has 13 heteroatoms. The Kier molecular flexibility index (Phi) is 7.40. The molecule has 3 aliphatic carbocycles. The molecule has 0 radical (unpaired) electrons. The van der Waals surface area contributed by atoms with Gasteiger partial charge in [0.15, 0.2) is 21.5 Å². The van der Waals surface area contributed by atoms with Gasteiger partial charge in [-0.15, -0.1) is 0 Å². The average Bonchev–Trinajstić information content (AvgIpc) is 2.94. The van der Waals surface area contributed by atoms with Crippen molar-refractivity contribution >= 4 is 33.0 Å². The summed E-state index contributed by atoms with van der Waals surface area (Å²) in [6.07, 6.45) is -4.11. The van der Waals surface area contributed by atoms with Gasteiger partial charge in [0.1, 0.15) is 17.4 Å². The smallest absolute Gasteiger partial charge is 0.280 e. The van der Waals surface area contributed by atoms with Gasteiger partial charge in [-0.05, 0) is 73.6 Å². The Bertz CT molecular complexity index is 1580. The average molecular weight is 599 g/mol. The fraction of sp³-hybridized carbons (Fsp3) is 0.333. The van der Waals surface area contributed by atoms with Crippen molar-refractivity contribution in [1.29, 1.82) is 0 Å². The van der Waals surface area contributed by atoms with Crippen molar-refractivity contribution < 1.29 is 41.0 Å². The number of anilines is 1. The largest absolute Gasteiger partial charge is 0.386 e. The van der Waals surface area contributed by atoms with Crippen molar-refractivity contribution in [2.24, 2.45) is 11.8 Å². The molecule has 3 aromatic rings. The molecule has 1 amide bonds. The van der Waals surface area contributed by atoms with Crippen LogP contribution in [0.5, 0.6) is 0 Å². The third-order valence-corrected chi connectivity index (χ3v) is 10.5. The highest BCUT2D eigenvalue weighted by Gasteiger charge is 2.63. The molecule has 6 rings (SSSR count). The van der Waals surface area contributed by atoms with Crippen LogP contribution in [0.1, 0.15) is 53.5 Å². The van der Waals surface area contributed by atoms with E-state index in [0.717, 1.165) is 30.3 Å². The highest BCUT2D eigenvalue weighted by Crippen LogP contribution is 2.60. The number of rotatable bonds is 7. The summed E-state index contributed by atoms with van der Waals surface area (Å²) in [4.78, 5) is 16.2. The predicted octanol–water partition coefficient (Wildman–Crippen LogP) is 5.24. The Hall–Kier alpha value is -3.06. The van der Waals surface area contributed by atoms with Crippen LogP contribution in [0.4, 0.5) is 23.2 Å². The second-order valence-electron chi connectivity index (χ2n) is 10.1. The van der Waals surface area contributed by atoms with Crippen molar-refractivity contribution in [2.45, 2.75) is 47.5 Å². The molecule has 40 heavy (non-hydrogen) atoms. The summed E-state index contributed by atoms with van der Waals surface area (Å²) in [5, 5.41) is 23.5. The Morgan fingerprint density at radius 1 is 1.00 bits per heavy atom. The van der Waals surface area contributed by atoms with Gasteiger partial charge in [-0.25, -0.2) is 31.0 Å². The molecule has 3 saturated carbocycles. The molecular formula is C27H23ClF4N2O5S. The minimum absolute atomic E-state index is 0.0391. The number of carbonyl (C=O) groups is 1. The molecule has 2 aromatic carbocycles. The lowest BCUT2D eigenvalue weighted by atomic mass is 9.51. The molecule has 0 aliphatic heterocycles. The quantitative estimate of drug-likeness (QED) is 0.320. The van der Waals surface area contributed by atoms with E-state index < -0.39 is 68.3 Å². The van der Waals surface area contributed by atoms with E-state index in [1.165, 1.54) is 24.3 Å². The van der Waals surface area contributed by atoms with E-state index in [-0.39, 0.29) is 39.7 Å². The molecule has 3 atom stereocenters. The standard InChI is InChI=1S/C27H23ClF4N2O5S/c28-18-6-4-13(26(36)33-16-5-7-19(29)20(30)12-16)8-23(18)40(38,39)17-10-14-9-15(11-17)27(14,37)24(35)21-2-1-3-22(34-21)25(31)32/h1-8,12,14-15,17,24-25,35,37H,9-11H2,(H,33,36). The van der Waals surface area contributed by atoms with E-state index in [1.807, 2.05) is 0 Å². The molecular weight excluding hydrogens is 576 g/mol. The zero-order valence-corrected chi connectivity index (χ0v) is 22.1. The highest BCUT2D eigenvalue weighted by molar-refractivity contribution is 7.92. The summed E-state index contributed by atoms with van der Waals surface area (Å²) in [6.45, 7) is 0. The van der Waals surface area contributed by atoms with E-state index in [9.17, 15) is 41.0 Å². The molecule has 0 saturated heterocycles. The van der Waals surface area contributed by atoms with Crippen molar-refractivity contribution in [3.05, 3.63) is 88.2 Å². The zero-order chi connectivity index (χ0) is 29.0. The second-order valence-corrected chi connectivity index (χ2v) is 12.7.